The Kier molecular flexibility index (Phi) is 4.84. The molecule has 1 aromatic rings. The van der Waals surface area contributed by atoms with Crippen molar-refractivity contribution in [3.05, 3.63) is 29.3 Å². The summed E-state index contributed by atoms with van der Waals surface area (Å²) in [5.41, 5.74) is 7.50. The van der Waals surface area contributed by atoms with Crippen LogP contribution in [-0.4, -0.2) is 35.6 Å². The molecule has 0 amide bonds. The lowest BCUT2D eigenvalue weighted by molar-refractivity contribution is 0.152. The zero-order valence-electron chi connectivity index (χ0n) is 12.2. The quantitative estimate of drug-likeness (QED) is 0.383. The number of likely N-dealkylation sites (tertiary alicyclic amines) is 1. The summed E-state index contributed by atoms with van der Waals surface area (Å²) in [7, 11) is 1.58. The summed E-state index contributed by atoms with van der Waals surface area (Å²) in [5, 5.41) is 11.9. The number of ether oxygens (including phenoxy) is 1. The van der Waals surface area contributed by atoms with Crippen molar-refractivity contribution >= 4 is 5.84 Å². The number of nitrogens with two attached hydrogens (primary N) is 1. The second-order valence-corrected chi connectivity index (χ2v) is 5.34. The van der Waals surface area contributed by atoms with E-state index in [9.17, 15) is 0 Å². The fourth-order valence-electron chi connectivity index (χ4n) is 2.73. The van der Waals surface area contributed by atoms with E-state index in [1.165, 1.54) is 19.3 Å². The van der Waals surface area contributed by atoms with Gasteiger partial charge in [0, 0.05) is 12.6 Å². The molecule has 5 heteroatoms. The lowest BCUT2D eigenvalue weighted by Gasteiger charge is -2.33. The molecule has 1 aromatic carbocycles. The Bertz CT molecular complexity index is 488. The van der Waals surface area contributed by atoms with Crippen LogP contribution in [0.5, 0.6) is 5.75 Å². The zero-order chi connectivity index (χ0) is 14.5. The van der Waals surface area contributed by atoms with Crippen molar-refractivity contribution in [1.29, 1.82) is 0 Å². The van der Waals surface area contributed by atoms with E-state index in [1.54, 1.807) is 7.11 Å². The Hall–Kier alpha value is -1.75. The van der Waals surface area contributed by atoms with Crippen LogP contribution in [0.2, 0.25) is 0 Å². The minimum atomic E-state index is 0.0791. The molecule has 3 N–H and O–H groups in total. The fraction of sp³-hybridized carbons (Fsp3) is 0.533. The highest BCUT2D eigenvalue weighted by Crippen LogP contribution is 2.23. The average molecular weight is 277 g/mol. The number of piperidine rings is 1. The summed E-state index contributed by atoms with van der Waals surface area (Å²) in [6, 6.07) is 6.46. The third-order valence-electron chi connectivity index (χ3n) is 3.97. The van der Waals surface area contributed by atoms with Crippen molar-refractivity contribution in [2.45, 2.75) is 38.8 Å². The summed E-state index contributed by atoms with van der Waals surface area (Å²) in [4.78, 5) is 2.47. The molecule has 5 nitrogen and oxygen atoms in total. The lowest BCUT2D eigenvalue weighted by Crippen LogP contribution is -2.36. The molecule has 0 radical (unpaired) electrons. The second-order valence-electron chi connectivity index (χ2n) is 5.34. The van der Waals surface area contributed by atoms with Crippen LogP contribution >= 0.6 is 0 Å². The number of hydrogen-bond donors (Lipinski definition) is 2. The van der Waals surface area contributed by atoms with Gasteiger partial charge in [-0.15, -0.1) is 0 Å². The first-order chi connectivity index (χ1) is 9.65. The molecule has 1 heterocycles. The van der Waals surface area contributed by atoms with E-state index in [0.29, 0.717) is 17.4 Å². The topological polar surface area (TPSA) is 71.1 Å². The molecule has 1 aliphatic rings. The Labute approximate surface area is 120 Å². The van der Waals surface area contributed by atoms with Gasteiger partial charge in [0.15, 0.2) is 5.84 Å². The average Bonchev–Trinajstić information content (AvgIpc) is 2.48. The first-order valence-corrected chi connectivity index (χ1v) is 7.04. The summed E-state index contributed by atoms with van der Waals surface area (Å²) >= 11 is 0. The van der Waals surface area contributed by atoms with Crippen molar-refractivity contribution < 1.29 is 9.94 Å². The van der Waals surface area contributed by atoms with Gasteiger partial charge in [0.1, 0.15) is 5.75 Å². The molecule has 1 aliphatic heterocycles. The van der Waals surface area contributed by atoms with Crippen molar-refractivity contribution in [1.82, 2.24) is 4.90 Å². The largest absolute Gasteiger partial charge is 0.496 e. The molecule has 20 heavy (non-hydrogen) atoms. The van der Waals surface area contributed by atoms with E-state index < -0.39 is 0 Å². The smallest absolute Gasteiger partial charge is 0.173 e. The van der Waals surface area contributed by atoms with Crippen molar-refractivity contribution in [3.63, 3.8) is 0 Å². The summed E-state index contributed by atoms with van der Waals surface area (Å²) < 4.78 is 5.25. The molecule has 0 aliphatic carbocycles. The van der Waals surface area contributed by atoms with E-state index in [4.69, 9.17) is 15.7 Å². The summed E-state index contributed by atoms with van der Waals surface area (Å²) in [5.74, 6) is 0.700. The predicted molar refractivity (Wildman–Crippen MR) is 79.2 cm³/mol. The molecule has 0 saturated carbocycles. The number of methoxy groups -OCH3 is 1. The molecule has 0 aromatic heterocycles. The van der Waals surface area contributed by atoms with Crippen LogP contribution in [0.3, 0.4) is 0 Å². The van der Waals surface area contributed by atoms with Gasteiger partial charge in [-0.05, 0) is 44.0 Å². The van der Waals surface area contributed by atoms with Crippen LogP contribution in [0.15, 0.2) is 23.4 Å². The zero-order valence-corrected chi connectivity index (χ0v) is 12.2. The van der Waals surface area contributed by atoms with Gasteiger partial charge in [-0.1, -0.05) is 17.6 Å². The van der Waals surface area contributed by atoms with Crippen molar-refractivity contribution in [2.75, 3.05) is 13.7 Å². The van der Waals surface area contributed by atoms with Crippen LogP contribution in [0.1, 0.15) is 37.3 Å². The Morgan fingerprint density at radius 3 is 2.95 bits per heavy atom. The van der Waals surface area contributed by atoms with Gasteiger partial charge in [-0.25, -0.2) is 0 Å². The Morgan fingerprint density at radius 1 is 1.50 bits per heavy atom. The fourth-order valence-corrected chi connectivity index (χ4v) is 2.73. The van der Waals surface area contributed by atoms with Gasteiger partial charge in [-0.3, -0.25) is 4.90 Å². The highest BCUT2D eigenvalue weighted by Gasteiger charge is 2.19. The van der Waals surface area contributed by atoms with E-state index in [-0.39, 0.29) is 5.84 Å². The number of amidine groups is 1. The minimum absolute atomic E-state index is 0.0791. The number of benzene rings is 1. The van der Waals surface area contributed by atoms with Crippen LogP contribution in [0.4, 0.5) is 0 Å². The summed E-state index contributed by atoms with van der Waals surface area (Å²) in [6.45, 7) is 4.29. The van der Waals surface area contributed by atoms with Gasteiger partial charge in [0.05, 0.1) is 12.7 Å². The molecule has 1 unspecified atom stereocenters. The second kappa shape index (κ2) is 6.61. The molecule has 1 saturated heterocycles. The maximum Gasteiger partial charge on any atom is 0.173 e. The first-order valence-electron chi connectivity index (χ1n) is 7.04. The van der Waals surface area contributed by atoms with Crippen LogP contribution < -0.4 is 10.5 Å². The third-order valence-corrected chi connectivity index (χ3v) is 3.97. The molecule has 2 rings (SSSR count). The van der Waals surface area contributed by atoms with E-state index in [0.717, 1.165) is 18.7 Å². The van der Waals surface area contributed by atoms with E-state index in [1.807, 2.05) is 18.2 Å². The number of rotatable bonds is 4. The SMILES string of the molecule is COc1ccc(CN2CCCCC2C)cc1C(N)=NO. The van der Waals surface area contributed by atoms with Crippen LogP contribution in [0, 0.1) is 0 Å². The standard InChI is InChI=1S/C15H23N3O2/c1-11-5-3-4-8-18(11)10-12-6-7-14(20-2)13(9-12)15(16)17-19/h6-7,9,11,19H,3-5,8,10H2,1-2H3,(H2,16,17). The molecule has 0 spiro atoms. The van der Waals surface area contributed by atoms with Gasteiger partial charge in [0.25, 0.3) is 0 Å². The van der Waals surface area contributed by atoms with E-state index in [2.05, 4.69) is 17.0 Å². The first kappa shape index (κ1) is 14.7. The number of hydrogen-bond acceptors (Lipinski definition) is 4. The molecular formula is C15H23N3O2. The van der Waals surface area contributed by atoms with Gasteiger partial charge in [0.2, 0.25) is 0 Å². The normalized spacial score (nSPS) is 20.9. The molecular weight excluding hydrogens is 254 g/mol. The molecule has 0 bridgehead atoms. The number of nitrogens with zero attached hydrogens (tertiary/aromatic N) is 2. The minimum Gasteiger partial charge on any atom is -0.496 e. The third kappa shape index (κ3) is 3.22. The predicted octanol–water partition coefficient (Wildman–Crippen LogP) is 2.16. The maximum absolute atomic E-state index is 8.86. The lowest BCUT2D eigenvalue weighted by atomic mass is 10.0. The molecule has 1 fully saturated rings. The maximum atomic E-state index is 8.86. The number of oxime groups is 1. The highest BCUT2D eigenvalue weighted by molar-refractivity contribution is 5.99. The Morgan fingerprint density at radius 2 is 2.30 bits per heavy atom. The van der Waals surface area contributed by atoms with Gasteiger partial charge < -0.3 is 15.7 Å². The molecule has 110 valence electrons. The highest BCUT2D eigenvalue weighted by atomic mass is 16.5. The van der Waals surface area contributed by atoms with Crippen molar-refractivity contribution in [2.24, 2.45) is 10.9 Å². The Balaban J connectivity index is 2.20. The van der Waals surface area contributed by atoms with Gasteiger partial charge >= 0.3 is 0 Å². The summed E-state index contributed by atoms with van der Waals surface area (Å²) in [6.07, 6.45) is 3.83. The van der Waals surface area contributed by atoms with Crippen molar-refractivity contribution in [3.8, 4) is 5.75 Å². The van der Waals surface area contributed by atoms with Gasteiger partial charge in [-0.2, -0.15) is 0 Å². The van der Waals surface area contributed by atoms with E-state index >= 15 is 0 Å². The van der Waals surface area contributed by atoms with Crippen LogP contribution in [-0.2, 0) is 6.54 Å². The van der Waals surface area contributed by atoms with Crippen LogP contribution in [0.25, 0.3) is 0 Å². The molecule has 1 atom stereocenters. The monoisotopic (exact) mass is 277 g/mol.